The highest BCUT2D eigenvalue weighted by atomic mass is 32.1. The van der Waals surface area contributed by atoms with Gasteiger partial charge in [-0.2, -0.15) is 0 Å². The van der Waals surface area contributed by atoms with Crippen LogP contribution in [0.5, 0.6) is 0 Å². The van der Waals surface area contributed by atoms with Crippen LogP contribution in [-0.4, -0.2) is 30.5 Å². The van der Waals surface area contributed by atoms with E-state index < -0.39 is 0 Å². The second-order valence-corrected chi connectivity index (χ2v) is 8.48. The highest BCUT2D eigenvalue weighted by Crippen LogP contribution is 2.31. The van der Waals surface area contributed by atoms with Crippen LogP contribution in [0.15, 0.2) is 47.9 Å². The van der Waals surface area contributed by atoms with Crippen molar-refractivity contribution in [3.05, 3.63) is 52.7 Å². The fourth-order valence-corrected chi connectivity index (χ4v) is 4.81. The van der Waals surface area contributed by atoms with Crippen LogP contribution in [0.2, 0.25) is 0 Å². The third-order valence-corrected chi connectivity index (χ3v) is 6.61. The molecule has 1 N–H and O–H groups in total. The molecule has 2 aromatic heterocycles. The zero-order valence-corrected chi connectivity index (χ0v) is 16.1. The molecule has 0 spiro atoms. The number of aromatic nitrogens is 1. The molecule has 1 fully saturated rings. The van der Waals surface area contributed by atoms with E-state index in [1.54, 1.807) is 28.7 Å². The molecule has 4 rings (SSSR count). The number of nitrogens with zero attached hydrogens (tertiary/aromatic N) is 2. The van der Waals surface area contributed by atoms with Crippen LogP contribution in [-0.2, 0) is 4.79 Å². The lowest BCUT2D eigenvalue weighted by Gasteiger charge is -2.31. The molecule has 1 aromatic carbocycles. The number of amides is 1. The monoisotopic (exact) mass is 383 g/mol. The van der Waals surface area contributed by atoms with Crippen molar-refractivity contribution in [2.75, 3.05) is 24.5 Å². The number of carbonyl (C=O) groups is 1. The van der Waals surface area contributed by atoms with Gasteiger partial charge in [0.05, 0.1) is 10.2 Å². The summed E-state index contributed by atoms with van der Waals surface area (Å²) in [6, 6.07) is 12.3. The minimum Gasteiger partial charge on any atom is -0.352 e. The molecule has 0 unspecified atom stereocenters. The molecular formula is C20H21N3OS2. The maximum atomic E-state index is 12.0. The molecule has 0 atom stereocenters. The summed E-state index contributed by atoms with van der Waals surface area (Å²) < 4.78 is 1.24. The van der Waals surface area contributed by atoms with Crippen molar-refractivity contribution in [1.82, 2.24) is 10.3 Å². The first-order valence-electron chi connectivity index (χ1n) is 8.88. The van der Waals surface area contributed by atoms with Gasteiger partial charge in [-0.1, -0.05) is 29.5 Å². The van der Waals surface area contributed by atoms with Crippen LogP contribution >= 0.6 is 22.7 Å². The molecule has 134 valence electrons. The summed E-state index contributed by atoms with van der Waals surface area (Å²) in [6.07, 6.45) is 5.67. The highest BCUT2D eigenvalue weighted by Gasteiger charge is 2.21. The molecule has 0 bridgehead atoms. The third kappa shape index (κ3) is 4.14. The molecule has 1 amide bonds. The lowest BCUT2D eigenvalue weighted by molar-refractivity contribution is -0.116. The van der Waals surface area contributed by atoms with Crippen molar-refractivity contribution < 1.29 is 4.79 Å². The van der Waals surface area contributed by atoms with Gasteiger partial charge in [-0.15, -0.1) is 11.3 Å². The lowest BCUT2D eigenvalue weighted by atomic mass is 9.97. The second kappa shape index (κ2) is 8.01. The molecule has 0 saturated carbocycles. The first kappa shape index (κ1) is 17.2. The molecule has 4 nitrogen and oxygen atoms in total. The van der Waals surface area contributed by atoms with Crippen molar-refractivity contribution in [3.8, 4) is 0 Å². The first-order chi connectivity index (χ1) is 12.8. The molecule has 26 heavy (non-hydrogen) atoms. The Morgan fingerprint density at radius 1 is 1.23 bits per heavy atom. The predicted octanol–water partition coefficient (Wildman–Crippen LogP) is 4.40. The Labute approximate surface area is 161 Å². The molecule has 1 aliphatic heterocycles. The largest absolute Gasteiger partial charge is 0.352 e. The second-order valence-electron chi connectivity index (χ2n) is 6.49. The minimum atomic E-state index is -0.00740. The Kier molecular flexibility index (Phi) is 5.32. The number of benzene rings is 1. The quantitative estimate of drug-likeness (QED) is 0.664. The average Bonchev–Trinajstić information content (AvgIpc) is 3.34. The van der Waals surface area contributed by atoms with Gasteiger partial charge in [-0.25, -0.2) is 4.98 Å². The Bertz CT molecular complexity index is 860. The Morgan fingerprint density at radius 3 is 2.85 bits per heavy atom. The van der Waals surface area contributed by atoms with Crippen molar-refractivity contribution in [3.63, 3.8) is 0 Å². The van der Waals surface area contributed by atoms with Crippen LogP contribution in [0, 0.1) is 5.92 Å². The number of rotatable bonds is 5. The van der Waals surface area contributed by atoms with Crippen molar-refractivity contribution in [2.45, 2.75) is 12.8 Å². The summed E-state index contributed by atoms with van der Waals surface area (Å²) in [5, 5.41) is 6.17. The number of fused-ring (bicyclic) bond motifs is 1. The molecule has 3 heterocycles. The van der Waals surface area contributed by atoms with Crippen LogP contribution in [0.3, 0.4) is 0 Å². The van der Waals surface area contributed by atoms with E-state index in [1.807, 2.05) is 29.7 Å². The van der Waals surface area contributed by atoms with Gasteiger partial charge in [0.25, 0.3) is 0 Å². The molecule has 1 aliphatic rings. The van der Waals surface area contributed by atoms with E-state index in [2.05, 4.69) is 28.4 Å². The normalized spacial score (nSPS) is 15.8. The smallest absolute Gasteiger partial charge is 0.244 e. The van der Waals surface area contributed by atoms with Gasteiger partial charge in [0.15, 0.2) is 5.13 Å². The van der Waals surface area contributed by atoms with Gasteiger partial charge in [0, 0.05) is 30.6 Å². The molecule has 1 saturated heterocycles. The van der Waals surface area contributed by atoms with E-state index in [0.29, 0.717) is 5.92 Å². The summed E-state index contributed by atoms with van der Waals surface area (Å²) in [7, 11) is 0. The first-order valence-corrected chi connectivity index (χ1v) is 10.6. The lowest BCUT2D eigenvalue weighted by Crippen LogP contribution is -2.38. The van der Waals surface area contributed by atoms with Gasteiger partial charge in [0.2, 0.25) is 5.91 Å². The number of thiophene rings is 1. The van der Waals surface area contributed by atoms with Crippen LogP contribution in [0.1, 0.15) is 17.7 Å². The zero-order valence-electron chi connectivity index (χ0n) is 14.4. The predicted molar refractivity (Wildman–Crippen MR) is 111 cm³/mol. The van der Waals surface area contributed by atoms with Gasteiger partial charge in [-0.05, 0) is 48.4 Å². The third-order valence-electron chi connectivity index (χ3n) is 4.67. The number of thiazole rings is 1. The fraction of sp³-hybridized carbons (Fsp3) is 0.300. The van der Waals surface area contributed by atoms with E-state index >= 15 is 0 Å². The molecule has 0 aliphatic carbocycles. The van der Waals surface area contributed by atoms with Crippen molar-refractivity contribution in [2.24, 2.45) is 5.92 Å². The fourth-order valence-electron chi connectivity index (χ4n) is 3.17. The van der Waals surface area contributed by atoms with Gasteiger partial charge in [0.1, 0.15) is 0 Å². The Balaban J connectivity index is 1.25. The number of hydrogen-bond donors (Lipinski definition) is 1. The average molecular weight is 384 g/mol. The van der Waals surface area contributed by atoms with E-state index in [0.717, 1.165) is 48.0 Å². The number of carbonyl (C=O) groups excluding carboxylic acids is 1. The summed E-state index contributed by atoms with van der Waals surface area (Å²) in [4.78, 5) is 20.2. The number of hydrogen-bond acceptors (Lipinski definition) is 5. The maximum absolute atomic E-state index is 12.0. The van der Waals surface area contributed by atoms with E-state index in [-0.39, 0.29) is 5.91 Å². The maximum Gasteiger partial charge on any atom is 0.244 e. The van der Waals surface area contributed by atoms with Gasteiger partial charge >= 0.3 is 0 Å². The van der Waals surface area contributed by atoms with E-state index in [4.69, 9.17) is 4.98 Å². The Morgan fingerprint density at radius 2 is 2.08 bits per heavy atom. The highest BCUT2D eigenvalue weighted by molar-refractivity contribution is 7.22. The van der Waals surface area contributed by atoms with Gasteiger partial charge < -0.3 is 10.2 Å². The van der Waals surface area contributed by atoms with Gasteiger partial charge in [-0.3, -0.25) is 4.79 Å². The van der Waals surface area contributed by atoms with E-state index in [1.165, 1.54) is 4.70 Å². The SMILES string of the molecule is O=C(/C=C/c1cccs1)NCC1CCN(c2nc3ccccc3s2)CC1. The summed E-state index contributed by atoms with van der Waals surface area (Å²) in [6.45, 7) is 2.76. The summed E-state index contributed by atoms with van der Waals surface area (Å²) >= 11 is 3.40. The number of piperidine rings is 1. The molecule has 0 radical (unpaired) electrons. The molecule has 6 heteroatoms. The van der Waals surface area contributed by atoms with Crippen molar-refractivity contribution >= 4 is 50.0 Å². The topological polar surface area (TPSA) is 45.2 Å². The zero-order chi connectivity index (χ0) is 17.8. The minimum absolute atomic E-state index is 0.00740. The van der Waals surface area contributed by atoms with E-state index in [9.17, 15) is 4.79 Å². The Hall–Kier alpha value is -2.18. The number of nitrogens with one attached hydrogen (secondary N) is 1. The van der Waals surface area contributed by atoms with Crippen LogP contribution in [0.25, 0.3) is 16.3 Å². The molecular weight excluding hydrogens is 362 g/mol. The van der Waals surface area contributed by atoms with Crippen LogP contribution < -0.4 is 10.2 Å². The number of anilines is 1. The molecule has 3 aromatic rings. The number of para-hydroxylation sites is 1. The standard InChI is InChI=1S/C20H21N3OS2/c24-19(8-7-16-4-3-13-25-16)21-14-15-9-11-23(12-10-15)20-22-17-5-1-2-6-18(17)26-20/h1-8,13,15H,9-12,14H2,(H,21,24)/b8-7+. The van der Waals surface area contributed by atoms with Crippen molar-refractivity contribution in [1.29, 1.82) is 0 Å². The summed E-state index contributed by atoms with van der Waals surface area (Å²) in [5.74, 6) is 0.534. The summed E-state index contributed by atoms with van der Waals surface area (Å²) in [5.41, 5.74) is 1.08. The van der Waals surface area contributed by atoms with Crippen LogP contribution in [0.4, 0.5) is 5.13 Å².